The van der Waals surface area contributed by atoms with Crippen LogP contribution in [0.5, 0.6) is 0 Å². The molecule has 0 atom stereocenters. The fraction of sp³-hybridized carbons (Fsp3) is 0.667. The molecule has 94 valence electrons. The molecule has 1 aliphatic carbocycles. The molecule has 0 aliphatic heterocycles. The van der Waals surface area contributed by atoms with Gasteiger partial charge in [-0.15, -0.1) is 0 Å². The van der Waals surface area contributed by atoms with Crippen LogP contribution in [0.25, 0.3) is 0 Å². The maximum atomic E-state index is 11.8. The second-order valence-corrected chi connectivity index (χ2v) is 4.39. The van der Waals surface area contributed by atoms with E-state index >= 15 is 0 Å². The minimum Gasteiger partial charge on any atom is -0.343 e. The maximum absolute atomic E-state index is 11.8. The van der Waals surface area contributed by atoms with E-state index in [2.05, 4.69) is 15.3 Å². The predicted molar refractivity (Wildman–Crippen MR) is 68.3 cm³/mol. The first-order valence-electron chi connectivity index (χ1n) is 6.31. The zero-order chi connectivity index (χ0) is 12.3. The van der Waals surface area contributed by atoms with Gasteiger partial charge in [0.15, 0.2) is 0 Å². The van der Waals surface area contributed by atoms with Gasteiger partial charge in [-0.25, -0.2) is 4.98 Å². The summed E-state index contributed by atoms with van der Waals surface area (Å²) in [5.41, 5.74) is 0.683. The summed E-state index contributed by atoms with van der Waals surface area (Å²) in [5.74, 6) is 0.662. The van der Waals surface area contributed by atoms with Crippen LogP contribution < -0.4 is 15.8 Å². The largest absolute Gasteiger partial charge is 0.343 e. The molecule has 1 saturated carbocycles. The normalized spacial score (nSPS) is 14.9. The van der Waals surface area contributed by atoms with Crippen molar-refractivity contribution in [1.82, 2.24) is 15.3 Å². The lowest BCUT2D eigenvalue weighted by molar-refractivity contribution is 0.677. The van der Waals surface area contributed by atoms with Gasteiger partial charge in [-0.1, -0.05) is 0 Å². The zero-order valence-corrected chi connectivity index (χ0v) is 10.5. The number of H-pyrrole nitrogens is 1. The van der Waals surface area contributed by atoms with E-state index in [1.54, 1.807) is 6.20 Å². The van der Waals surface area contributed by atoms with E-state index in [9.17, 15) is 4.79 Å². The molecule has 17 heavy (non-hydrogen) atoms. The molecule has 2 N–H and O–H groups in total. The van der Waals surface area contributed by atoms with Crippen molar-refractivity contribution in [3.8, 4) is 0 Å². The summed E-state index contributed by atoms with van der Waals surface area (Å²) in [6, 6.07) is 0.608. The number of hydrogen-bond acceptors (Lipinski definition) is 4. The van der Waals surface area contributed by atoms with Crippen LogP contribution in [0.4, 0.5) is 5.95 Å². The van der Waals surface area contributed by atoms with E-state index in [-0.39, 0.29) is 5.56 Å². The van der Waals surface area contributed by atoms with Gasteiger partial charge in [0.2, 0.25) is 5.95 Å². The fourth-order valence-electron chi connectivity index (χ4n) is 1.76. The molecular formula is C12H20N4O. The molecule has 0 saturated heterocycles. The molecule has 0 amide bonds. The standard InChI is InChI=1S/C12H20N4O/c1-3-16(4-2)12-14-8-9(11(17)15-12)7-13-10-5-6-10/h8,10,13H,3-7H2,1-2H3,(H,14,15,17). The van der Waals surface area contributed by atoms with Gasteiger partial charge in [0, 0.05) is 37.4 Å². The van der Waals surface area contributed by atoms with Gasteiger partial charge < -0.3 is 10.2 Å². The molecule has 0 aromatic carbocycles. The Balaban J connectivity index is 2.07. The highest BCUT2D eigenvalue weighted by atomic mass is 16.1. The molecular weight excluding hydrogens is 216 g/mol. The molecule has 0 unspecified atom stereocenters. The van der Waals surface area contributed by atoms with Gasteiger partial charge in [0.1, 0.15) is 0 Å². The summed E-state index contributed by atoms with van der Waals surface area (Å²) in [7, 11) is 0. The van der Waals surface area contributed by atoms with Crippen molar-refractivity contribution in [1.29, 1.82) is 0 Å². The van der Waals surface area contributed by atoms with Crippen LogP contribution in [0.2, 0.25) is 0 Å². The number of anilines is 1. The third-order valence-corrected chi connectivity index (χ3v) is 3.08. The van der Waals surface area contributed by atoms with E-state index < -0.39 is 0 Å². The van der Waals surface area contributed by atoms with Crippen molar-refractivity contribution >= 4 is 5.95 Å². The summed E-state index contributed by atoms with van der Waals surface area (Å²) in [6.45, 7) is 6.40. The average Bonchev–Trinajstić information content (AvgIpc) is 3.13. The first kappa shape index (κ1) is 12.1. The third-order valence-electron chi connectivity index (χ3n) is 3.08. The number of aromatic amines is 1. The molecule has 0 spiro atoms. The summed E-state index contributed by atoms with van der Waals surface area (Å²) in [5, 5.41) is 3.32. The molecule has 0 radical (unpaired) electrons. The van der Waals surface area contributed by atoms with E-state index in [0.29, 0.717) is 24.1 Å². The van der Waals surface area contributed by atoms with Gasteiger partial charge in [-0.3, -0.25) is 9.78 Å². The Labute approximate surface area is 101 Å². The highest BCUT2D eigenvalue weighted by Crippen LogP contribution is 2.18. The molecule has 1 aromatic heterocycles. The van der Waals surface area contributed by atoms with Crippen molar-refractivity contribution in [3.05, 3.63) is 22.1 Å². The van der Waals surface area contributed by atoms with Gasteiger partial charge >= 0.3 is 0 Å². The van der Waals surface area contributed by atoms with E-state index in [1.165, 1.54) is 12.8 Å². The van der Waals surface area contributed by atoms with Crippen LogP contribution in [0.1, 0.15) is 32.3 Å². The van der Waals surface area contributed by atoms with Crippen LogP contribution in [0.3, 0.4) is 0 Å². The van der Waals surface area contributed by atoms with Crippen LogP contribution in [0.15, 0.2) is 11.0 Å². The lowest BCUT2D eigenvalue weighted by atomic mass is 10.3. The quantitative estimate of drug-likeness (QED) is 0.769. The molecule has 1 aromatic rings. The number of aromatic nitrogens is 2. The molecule has 2 rings (SSSR count). The monoisotopic (exact) mass is 236 g/mol. The number of hydrogen-bond donors (Lipinski definition) is 2. The smallest absolute Gasteiger partial charge is 0.256 e. The van der Waals surface area contributed by atoms with Crippen LogP contribution >= 0.6 is 0 Å². The highest BCUT2D eigenvalue weighted by Gasteiger charge is 2.20. The minimum absolute atomic E-state index is 0.0324. The predicted octanol–water partition coefficient (Wildman–Crippen LogP) is 0.868. The molecule has 5 heteroatoms. The van der Waals surface area contributed by atoms with Crippen molar-refractivity contribution in [2.75, 3.05) is 18.0 Å². The van der Waals surface area contributed by atoms with E-state index in [4.69, 9.17) is 0 Å². The zero-order valence-electron chi connectivity index (χ0n) is 10.5. The molecule has 1 heterocycles. The van der Waals surface area contributed by atoms with Gasteiger partial charge in [0.25, 0.3) is 5.56 Å². The number of nitrogens with zero attached hydrogens (tertiary/aromatic N) is 2. The van der Waals surface area contributed by atoms with Crippen LogP contribution in [0, 0.1) is 0 Å². The highest BCUT2D eigenvalue weighted by molar-refractivity contribution is 5.29. The topological polar surface area (TPSA) is 61.0 Å². The third kappa shape index (κ3) is 3.06. The Hall–Kier alpha value is -1.36. The second-order valence-electron chi connectivity index (χ2n) is 4.39. The number of nitrogens with one attached hydrogen (secondary N) is 2. The Morgan fingerprint density at radius 1 is 1.47 bits per heavy atom. The Bertz CT molecular complexity index is 421. The molecule has 0 bridgehead atoms. The molecule has 1 aliphatic rings. The Kier molecular flexibility index (Phi) is 3.78. The lowest BCUT2D eigenvalue weighted by Crippen LogP contribution is -2.29. The SMILES string of the molecule is CCN(CC)c1ncc(CNC2CC2)c(=O)[nH]1. The van der Waals surface area contributed by atoms with Gasteiger partial charge in [-0.2, -0.15) is 0 Å². The Morgan fingerprint density at radius 2 is 2.18 bits per heavy atom. The van der Waals surface area contributed by atoms with E-state index in [1.807, 2.05) is 18.7 Å². The first-order chi connectivity index (χ1) is 8.24. The summed E-state index contributed by atoms with van der Waals surface area (Å²) in [6.07, 6.45) is 4.13. The van der Waals surface area contributed by atoms with Crippen molar-refractivity contribution in [2.24, 2.45) is 0 Å². The van der Waals surface area contributed by atoms with Gasteiger partial charge in [0.05, 0.1) is 0 Å². The average molecular weight is 236 g/mol. The maximum Gasteiger partial charge on any atom is 0.256 e. The summed E-state index contributed by atoms with van der Waals surface area (Å²) in [4.78, 5) is 21.0. The van der Waals surface area contributed by atoms with Crippen molar-refractivity contribution < 1.29 is 0 Å². The summed E-state index contributed by atoms with van der Waals surface area (Å²) >= 11 is 0. The van der Waals surface area contributed by atoms with E-state index in [0.717, 1.165) is 13.1 Å². The van der Waals surface area contributed by atoms with Gasteiger partial charge in [-0.05, 0) is 26.7 Å². The summed E-state index contributed by atoms with van der Waals surface area (Å²) < 4.78 is 0. The van der Waals surface area contributed by atoms with Crippen LogP contribution in [-0.2, 0) is 6.54 Å². The second kappa shape index (κ2) is 5.31. The first-order valence-corrected chi connectivity index (χ1v) is 6.31. The minimum atomic E-state index is -0.0324. The van der Waals surface area contributed by atoms with Crippen molar-refractivity contribution in [2.45, 2.75) is 39.3 Å². The van der Waals surface area contributed by atoms with Crippen LogP contribution in [-0.4, -0.2) is 29.1 Å². The number of rotatable bonds is 6. The van der Waals surface area contributed by atoms with Crippen molar-refractivity contribution in [3.63, 3.8) is 0 Å². The Morgan fingerprint density at radius 3 is 2.71 bits per heavy atom. The lowest BCUT2D eigenvalue weighted by Gasteiger charge is -2.18. The fourth-order valence-corrected chi connectivity index (χ4v) is 1.76. The molecule has 1 fully saturated rings. The molecule has 5 nitrogen and oxygen atoms in total.